The van der Waals surface area contributed by atoms with Gasteiger partial charge in [-0.15, -0.1) is 0 Å². The Morgan fingerprint density at radius 3 is 2.79 bits per heavy atom. The molecule has 90 valence electrons. The van der Waals surface area contributed by atoms with Gasteiger partial charge in [0.15, 0.2) is 16.6 Å². The number of hydrogen-bond acceptors (Lipinski definition) is 5. The molecule has 6 nitrogen and oxygen atoms in total. The summed E-state index contributed by atoms with van der Waals surface area (Å²) in [6, 6.07) is 10.0. The fourth-order valence-corrected chi connectivity index (χ4v) is 2.41. The molecule has 2 aromatic heterocycles. The number of aromatic nitrogens is 3. The lowest BCUT2D eigenvalue weighted by atomic mass is 10.2. The maximum atomic E-state index is 8.99. The zero-order valence-corrected chi connectivity index (χ0v) is 9.91. The summed E-state index contributed by atoms with van der Waals surface area (Å²) in [5.41, 5.74) is 3.59. The summed E-state index contributed by atoms with van der Waals surface area (Å²) in [4.78, 5) is 17.4. The van der Waals surface area contributed by atoms with Crippen LogP contribution >= 0.6 is 0 Å². The lowest BCUT2D eigenvalue weighted by molar-refractivity contribution is 0.883. The van der Waals surface area contributed by atoms with E-state index in [1.165, 1.54) is 0 Å². The number of rotatable bonds is 1. The molecule has 0 N–H and O–H groups in total. The van der Waals surface area contributed by atoms with E-state index in [9.17, 15) is 0 Å². The first-order valence-electron chi connectivity index (χ1n) is 5.89. The molecule has 0 spiro atoms. The van der Waals surface area contributed by atoms with Crippen molar-refractivity contribution >= 4 is 22.1 Å². The van der Waals surface area contributed by atoms with Gasteiger partial charge in [-0.1, -0.05) is 18.2 Å². The van der Waals surface area contributed by atoms with Crippen LogP contribution in [-0.4, -0.2) is 21.2 Å². The second kappa shape index (κ2) is 3.59. The van der Waals surface area contributed by atoms with Gasteiger partial charge in [0.1, 0.15) is 18.7 Å². The Morgan fingerprint density at radius 1 is 1.16 bits per heavy atom. The van der Waals surface area contributed by atoms with Crippen LogP contribution in [0, 0.1) is 11.3 Å². The van der Waals surface area contributed by atoms with Gasteiger partial charge in [0.25, 0.3) is 0 Å². The van der Waals surface area contributed by atoms with Crippen LogP contribution in [0.25, 0.3) is 22.1 Å². The Labute approximate surface area is 107 Å². The van der Waals surface area contributed by atoms with Gasteiger partial charge in [0.05, 0.1) is 11.6 Å². The molecule has 1 aliphatic rings. The fourth-order valence-electron chi connectivity index (χ4n) is 2.41. The van der Waals surface area contributed by atoms with Crippen molar-refractivity contribution in [1.29, 1.82) is 5.26 Å². The second-order valence-electron chi connectivity index (χ2n) is 4.26. The second-order valence-corrected chi connectivity index (χ2v) is 4.26. The zero-order valence-electron chi connectivity index (χ0n) is 9.91. The molecule has 1 aromatic carbocycles. The van der Waals surface area contributed by atoms with Crippen LogP contribution in [0.2, 0.25) is 0 Å². The Hall–Kier alpha value is -2.81. The minimum atomic E-state index is 0.245. The van der Waals surface area contributed by atoms with E-state index in [4.69, 9.17) is 5.26 Å². The van der Waals surface area contributed by atoms with E-state index in [2.05, 4.69) is 26.0 Å². The summed E-state index contributed by atoms with van der Waals surface area (Å²) in [5, 5.41) is 9.98. The molecule has 0 atom stereocenters. The van der Waals surface area contributed by atoms with Crippen molar-refractivity contribution in [2.45, 2.75) is 6.54 Å². The van der Waals surface area contributed by atoms with Gasteiger partial charge in [0, 0.05) is 5.39 Å². The lowest BCUT2D eigenvalue weighted by Crippen LogP contribution is -2.29. The van der Waals surface area contributed by atoms with Crippen molar-refractivity contribution in [3.8, 4) is 6.07 Å². The molecule has 0 fully saturated rings. The van der Waals surface area contributed by atoms with Gasteiger partial charge < -0.3 is 4.57 Å². The van der Waals surface area contributed by atoms with E-state index in [-0.39, 0.29) is 6.54 Å². The number of nitriles is 1. The van der Waals surface area contributed by atoms with Gasteiger partial charge >= 0.3 is 0 Å². The minimum Gasteiger partial charge on any atom is -0.310 e. The summed E-state index contributed by atoms with van der Waals surface area (Å²) in [7, 11) is 0. The zero-order chi connectivity index (χ0) is 12.8. The van der Waals surface area contributed by atoms with Gasteiger partial charge in [-0.05, 0) is 6.07 Å². The number of hydrogen-bond donors (Lipinski definition) is 0. The highest BCUT2D eigenvalue weighted by Gasteiger charge is 2.14. The van der Waals surface area contributed by atoms with E-state index < -0.39 is 0 Å². The number of nitrogens with zero attached hydrogens (tertiary/aromatic N) is 6. The fraction of sp³-hybridized carbons (Fsp3) is 0.154. The van der Waals surface area contributed by atoms with Gasteiger partial charge in [-0.2, -0.15) is 5.26 Å². The van der Waals surface area contributed by atoms with Crippen LogP contribution in [0.15, 0.2) is 34.3 Å². The van der Waals surface area contributed by atoms with E-state index in [0.29, 0.717) is 23.3 Å². The molecule has 0 aliphatic carbocycles. The van der Waals surface area contributed by atoms with Gasteiger partial charge in [0.2, 0.25) is 0 Å². The highest BCUT2D eigenvalue weighted by Crippen LogP contribution is 2.24. The van der Waals surface area contributed by atoms with Crippen molar-refractivity contribution in [2.24, 2.45) is 9.98 Å². The smallest absolute Gasteiger partial charge is 0.196 e. The molecule has 3 heterocycles. The summed E-state index contributed by atoms with van der Waals surface area (Å²) in [6.45, 7) is 0.632. The SMILES string of the molecule is N#CCn1c2ccccc2c2nc3c(nc21)=NCN=3. The first-order valence-corrected chi connectivity index (χ1v) is 5.89. The summed E-state index contributed by atoms with van der Waals surface area (Å²) >= 11 is 0. The molecule has 4 rings (SSSR count). The van der Waals surface area contributed by atoms with Gasteiger partial charge in [-0.3, -0.25) is 0 Å². The van der Waals surface area contributed by atoms with Crippen LogP contribution in [0.5, 0.6) is 0 Å². The van der Waals surface area contributed by atoms with E-state index >= 15 is 0 Å². The Kier molecular flexibility index (Phi) is 1.92. The molecule has 0 bridgehead atoms. The Morgan fingerprint density at radius 2 is 1.95 bits per heavy atom. The molecule has 6 heteroatoms. The largest absolute Gasteiger partial charge is 0.310 e. The molecule has 0 saturated heterocycles. The third kappa shape index (κ3) is 1.29. The molecule has 0 saturated carbocycles. The first-order chi connectivity index (χ1) is 9.38. The quantitative estimate of drug-likeness (QED) is 0.622. The van der Waals surface area contributed by atoms with Crippen molar-refractivity contribution in [3.63, 3.8) is 0 Å². The van der Waals surface area contributed by atoms with Crippen LogP contribution < -0.4 is 11.0 Å². The van der Waals surface area contributed by atoms with Crippen molar-refractivity contribution < 1.29 is 0 Å². The molecule has 0 unspecified atom stereocenters. The number of fused-ring (bicyclic) bond motifs is 4. The van der Waals surface area contributed by atoms with Crippen LogP contribution in [0.4, 0.5) is 0 Å². The average molecular weight is 248 g/mol. The maximum Gasteiger partial charge on any atom is 0.196 e. The molecular formula is C13H8N6. The highest BCUT2D eigenvalue weighted by molar-refractivity contribution is 6.04. The number of para-hydroxylation sites is 1. The molecule has 0 radical (unpaired) electrons. The third-order valence-electron chi connectivity index (χ3n) is 3.22. The topological polar surface area (TPSA) is 79.2 Å². The number of benzene rings is 1. The van der Waals surface area contributed by atoms with E-state index in [1.807, 2.05) is 28.8 Å². The standard InChI is InChI=1S/C13H8N6/c14-5-6-19-9-4-2-1-3-8(9)10-13(19)18-12-11(17-10)15-7-16-12/h1-4H,6-7H2. The van der Waals surface area contributed by atoms with Crippen molar-refractivity contribution in [3.05, 3.63) is 35.2 Å². The molecule has 1 aliphatic heterocycles. The predicted octanol–water partition coefficient (Wildman–Crippen LogP) is 0.318. The third-order valence-corrected chi connectivity index (χ3v) is 3.22. The molecular weight excluding hydrogens is 240 g/mol. The molecule has 3 aromatic rings. The van der Waals surface area contributed by atoms with Crippen LogP contribution in [0.1, 0.15) is 0 Å². The maximum absolute atomic E-state index is 8.99. The van der Waals surface area contributed by atoms with E-state index in [0.717, 1.165) is 16.4 Å². The first kappa shape index (κ1) is 10.1. The van der Waals surface area contributed by atoms with Crippen molar-refractivity contribution in [2.75, 3.05) is 6.67 Å². The minimum absolute atomic E-state index is 0.245. The Bertz CT molecular complexity index is 976. The normalized spacial score (nSPS) is 13.0. The predicted molar refractivity (Wildman–Crippen MR) is 67.8 cm³/mol. The monoisotopic (exact) mass is 248 g/mol. The van der Waals surface area contributed by atoms with E-state index in [1.54, 1.807) is 0 Å². The van der Waals surface area contributed by atoms with Crippen LogP contribution in [-0.2, 0) is 6.54 Å². The van der Waals surface area contributed by atoms with Gasteiger partial charge in [-0.25, -0.2) is 20.0 Å². The molecule has 19 heavy (non-hydrogen) atoms. The highest BCUT2D eigenvalue weighted by atomic mass is 15.1. The van der Waals surface area contributed by atoms with Crippen LogP contribution in [0.3, 0.4) is 0 Å². The van der Waals surface area contributed by atoms with Crippen molar-refractivity contribution in [1.82, 2.24) is 14.5 Å². The summed E-state index contributed by atoms with van der Waals surface area (Å²) < 4.78 is 1.87. The molecule has 0 amide bonds. The lowest BCUT2D eigenvalue weighted by Gasteiger charge is -1.98. The summed E-state index contributed by atoms with van der Waals surface area (Å²) in [6.07, 6.45) is 0. The average Bonchev–Trinajstić information content (AvgIpc) is 3.01. The Balaban J connectivity index is 2.29. The summed E-state index contributed by atoms with van der Waals surface area (Å²) in [5.74, 6) is 0.